The normalized spacial score (nSPS) is 16.0. The van der Waals surface area contributed by atoms with E-state index >= 15 is 0 Å². The first-order valence-corrected chi connectivity index (χ1v) is 11.4. The summed E-state index contributed by atoms with van der Waals surface area (Å²) in [6.07, 6.45) is 3.58. The van der Waals surface area contributed by atoms with E-state index in [1.807, 2.05) is 60.7 Å². The summed E-state index contributed by atoms with van der Waals surface area (Å²) >= 11 is 0. The van der Waals surface area contributed by atoms with Crippen LogP contribution in [0.15, 0.2) is 97.1 Å². The molecule has 0 fully saturated rings. The SMILES string of the molecule is O=C(c1ccc2c(c1)C(=O)O/C2=C\c1ccccc1)c1ccc2c(c1)C(=O)O/C2=C\c1ccccc1. The van der Waals surface area contributed by atoms with Gasteiger partial charge in [0.2, 0.25) is 0 Å². The van der Waals surface area contributed by atoms with Gasteiger partial charge in [-0.2, -0.15) is 0 Å². The van der Waals surface area contributed by atoms with Crippen LogP contribution < -0.4 is 0 Å². The Morgan fingerprint density at radius 2 is 0.944 bits per heavy atom. The van der Waals surface area contributed by atoms with Crippen LogP contribution in [0.5, 0.6) is 0 Å². The van der Waals surface area contributed by atoms with Crippen molar-refractivity contribution in [3.63, 3.8) is 0 Å². The number of cyclic esters (lactones) is 2. The summed E-state index contributed by atoms with van der Waals surface area (Å²) in [5, 5.41) is 0. The topological polar surface area (TPSA) is 69.7 Å². The number of benzene rings is 4. The minimum Gasteiger partial charge on any atom is -0.422 e. The maximum absolute atomic E-state index is 13.3. The largest absolute Gasteiger partial charge is 0.422 e. The first-order chi connectivity index (χ1) is 17.6. The molecule has 36 heavy (non-hydrogen) atoms. The maximum Gasteiger partial charge on any atom is 0.344 e. The fraction of sp³-hybridized carbons (Fsp3) is 0. The molecule has 0 radical (unpaired) electrons. The molecule has 5 nitrogen and oxygen atoms in total. The van der Waals surface area contributed by atoms with Gasteiger partial charge in [0.15, 0.2) is 5.78 Å². The van der Waals surface area contributed by atoms with Crippen LogP contribution in [0.25, 0.3) is 23.7 Å². The highest BCUT2D eigenvalue weighted by molar-refractivity contribution is 6.14. The molecule has 0 N–H and O–H groups in total. The van der Waals surface area contributed by atoms with Crippen LogP contribution in [0.3, 0.4) is 0 Å². The number of esters is 2. The summed E-state index contributed by atoms with van der Waals surface area (Å²) in [5.74, 6) is -0.427. The number of hydrogen-bond donors (Lipinski definition) is 0. The molecule has 0 unspecified atom stereocenters. The van der Waals surface area contributed by atoms with Crippen molar-refractivity contribution in [2.75, 3.05) is 0 Å². The van der Waals surface area contributed by atoms with Crippen molar-refractivity contribution < 1.29 is 23.9 Å². The van der Waals surface area contributed by atoms with Crippen molar-refractivity contribution in [3.05, 3.63) is 142 Å². The molecule has 0 saturated heterocycles. The Hall–Kier alpha value is -5.03. The molecule has 2 aliphatic rings. The maximum atomic E-state index is 13.3. The Morgan fingerprint density at radius 3 is 1.36 bits per heavy atom. The van der Waals surface area contributed by atoms with Gasteiger partial charge in [-0.25, -0.2) is 9.59 Å². The third-order valence-corrected chi connectivity index (χ3v) is 6.13. The lowest BCUT2D eigenvalue weighted by atomic mass is 9.95. The molecule has 5 heteroatoms. The Labute approximate surface area is 206 Å². The number of ketones is 1. The van der Waals surface area contributed by atoms with Crippen LogP contribution in [0.2, 0.25) is 0 Å². The van der Waals surface area contributed by atoms with Crippen LogP contribution >= 0.6 is 0 Å². The lowest BCUT2D eigenvalue weighted by molar-refractivity contribution is 0.0707. The number of carbonyl (C=O) groups excluding carboxylic acids is 3. The fourth-order valence-electron chi connectivity index (χ4n) is 4.34. The summed E-state index contributed by atoms with van der Waals surface area (Å²) in [4.78, 5) is 38.3. The van der Waals surface area contributed by atoms with Crippen LogP contribution in [-0.4, -0.2) is 17.7 Å². The summed E-state index contributed by atoms with van der Waals surface area (Å²) in [6, 6.07) is 28.9. The molecule has 0 amide bonds. The number of hydrogen-bond acceptors (Lipinski definition) is 5. The summed E-state index contributed by atoms with van der Waals surface area (Å²) in [7, 11) is 0. The lowest BCUT2D eigenvalue weighted by Crippen LogP contribution is -2.05. The van der Waals surface area contributed by atoms with Crippen molar-refractivity contribution in [1.29, 1.82) is 0 Å². The highest BCUT2D eigenvalue weighted by Gasteiger charge is 2.30. The van der Waals surface area contributed by atoms with Crippen molar-refractivity contribution in [1.82, 2.24) is 0 Å². The van der Waals surface area contributed by atoms with Crippen molar-refractivity contribution in [2.45, 2.75) is 0 Å². The predicted octanol–water partition coefficient (Wildman–Crippen LogP) is 6.25. The van der Waals surface area contributed by atoms with E-state index in [1.165, 1.54) is 12.1 Å². The average molecular weight is 470 g/mol. The molecular weight excluding hydrogens is 452 g/mol. The molecule has 4 aromatic rings. The number of carbonyl (C=O) groups is 3. The highest BCUT2D eigenvalue weighted by atomic mass is 16.5. The molecule has 0 saturated carbocycles. The van der Waals surface area contributed by atoms with E-state index in [4.69, 9.17) is 9.47 Å². The minimum atomic E-state index is -0.505. The first kappa shape index (κ1) is 21.5. The molecule has 0 aromatic heterocycles. The van der Waals surface area contributed by atoms with Crippen molar-refractivity contribution >= 4 is 41.4 Å². The van der Waals surface area contributed by atoms with Crippen LogP contribution in [-0.2, 0) is 9.47 Å². The van der Waals surface area contributed by atoms with Crippen molar-refractivity contribution in [2.24, 2.45) is 0 Å². The zero-order valence-corrected chi connectivity index (χ0v) is 18.9. The second-order valence-electron chi connectivity index (χ2n) is 8.47. The number of fused-ring (bicyclic) bond motifs is 2. The Balaban J connectivity index is 1.31. The Morgan fingerprint density at radius 1 is 0.528 bits per heavy atom. The van der Waals surface area contributed by atoms with Gasteiger partial charge in [-0.15, -0.1) is 0 Å². The van der Waals surface area contributed by atoms with Gasteiger partial charge in [0.05, 0.1) is 11.1 Å². The monoisotopic (exact) mass is 470 g/mol. The molecule has 4 aromatic carbocycles. The average Bonchev–Trinajstić information content (AvgIpc) is 3.39. The second-order valence-corrected chi connectivity index (χ2v) is 8.47. The summed E-state index contributed by atoms with van der Waals surface area (Å²) < 4.78 is 10.9. The van der Waals surface area contributed by atoms with Gasteiger partial charge in [0.25, 0.3) is 0 Å². The van der Waals surface area contributed by atoms with E-state index in [0.29, 0.717) is 44.9 Å². The molecule has 0 bridgehead atoms. The molecule has 2 aliphatic heterocycles. The van der Waals surface area contributed by atoms with Gasteiger partial charge >= 0.3 is 11.9 Å². The van der Waals surface area contributed by atoms with Crippen LogP contribution in [0, 0.1) is 0 Å². The van der Waals surface area contributed by atoms with E-state index in [1.54, 1.807) is 36.4 Å². The van der Waals surface area contributed by atoms with Crippen molar-refractivity contribution in [3.8, 4) is 0 Å². The highest BCUT2D eigenvalue weighted by Crippen LogP contribution is 2.34. The molecule has 6 rings (SSSR count). The summed E-state index contributed by atoms with van der Waals surface area (Å²) in [6.45, 7) is 0. The van der Waals surface area contributed by atoms with E-state index in [9.17, 15) is 14.4 Å². The van der Waals surface area contributed by atoms with Gasteiger partial charge in [-0.1, -0.05) is 72.8 Å². The third-order valence-electron chi connectivity index (χ3n) is 6.13. The zero-order chi connectivity index (χ0) is 24.6. The quantitative estimate of drug-likeness (QED) is 0.260. The predicted molar refractivity (Wildman–Crippen MR) is 136 cm³/mol. The van der Waals surface area contributed by atoms with Crippen LogP contribution in [0.4, 0.5) is 0 Å². The van der Waals surface area contributed by atoms with Gasteiger partial charge in [-0.3, -0.25) is 4.79 Å². The molecular formula is C31H18O5. The smallest absolute Gasteiger partial charge is 0.344 e. The van der Waals surface area contributed by atoms with Gasteiger partial charge in [0.1, 0.15) is 11.5 Å². The Bertz CT molecular complexity index is 1490. The standard InChI is InChI=1S/C31H18O5/c32-29(21-11-13-23-25(17-21)30(33)35-27(23)15-19-7-3-1-4-8-19)22-12-14-24-26(18-22)31(34)36-28(24)16-20-9-5-2-6-10-20/h1-18H/b27-15-,28-16-. The molecule has 0 aliphatic carbocycles. The van der Waals surface area contributed by atoms with E-state index in [-0.39, 0.29) is 5.78 Å². The number of rotatable bonds is 4. The lowest BCUT2D eigenvalue weighted by Gasteiger charge is -2.05. The van der Waals surface area contributed by atoms with E-state index < -0.39 is 11.9 Å². The summed E-state index contributed by atoms with van der Waals surface area (Å²) in [5.41, 5.74) is 4.39. The second kappa shape index (κ2) is 8.64. The molecule has 172 valence electrons. The number of ether oxygens (including phenoxy) is 2. The molecule has 2 heterocycles. The first-order valence-electron chi connectivity index (χ1n) is 11.4. The minimum absolute atomic E-state index is 0.304. The zero-order valence-electron chi connectivity index (χ0n) is 18.9. The van der Waals surface area contributed by atoms with Crippen LogP contribution in [0.1, 0.15) is 58.9 Å². The van der Waals surface area contributed by atoms with Gasteiger partial charge in [0, 0.05) is 22.3 Å². The van der Waals surface area contributed by atoms with Gasteiger partial charge < -0.3 is 9.47 Å². The molecule has 0 spiro atoms. The van der Waals surface area contributed by atoms with Gasteiger partial charge in [-0.05, 0) is 47.5 Å². The third kappa shape index (κ3) is 3.83. The fourth-order valence-corrected chi connectivity index (χ4v) is 4.34. The molecule has 0 atom stereocenters. The van der Waals surface area contributed by atoms with E-state index in [0.717, 1.165) is 11.1 Å². The van der Waals surface area contributed by atoms with E-state index in [2.05, 4.69) is 0 Å². The Kier molecular flexibility index (Phi) is 5.16.